The predicted octanol–water partition coefficient (Wildman–Crippen LogP) is 23.1. The van der Waals surface area contributed by atoms with E-state index in [1.54, 1.807) is 9.13 Å². The molecule has 470 valence electrons. The summed E-state index contributed by atoms with van der Waals surface area (Å²) in [5.41, 5.74) is 16.6. The molecular weight excluding hydrogens is 1170 g/mol. The molecule has 2 aliphatic rings. The van der Waals surface area contributed by atoms with Gasteiger partial charge in [0.1, 0.15) is 0 Å². The van der Waals surface area contributed by atoms with Crippen LogP contribution in [-0.4, -0.2) is 15.8 Å². The van der Waals surface area contributed by atoms with Gasteiger partial charge in [-0.3, -0.25) is 0 Å². The van der Waals surface area contributed by atoms with Gasteiger partial charge in [0.2, 0.25) is 0 Å². The van der Waals surface area contributed by atoms with Crippen molar-refractivity contribution in [3.8, 4) is 55.9 Å². The van der Waals surface area contributed by atoms with Crippen LogP contribution in [-0.2, 0) is 18.3 Å². The molecule has 0 saturated carbocycles. The lowest BCUT2D eigenvalue weighted by molar-refractivity contribution is 0.411. The zero-order chi connectivity index (χ0) is 80.0. The predicted molar refractivity (Wildman–Crippen MR) is 416 cm³/mol. The Morgan fingerprint density at radius 2 is 0.629 bits per heavy atom. The Labute approximate surface area is 593 Å². The van der Waals surface area contributed by atoms with Crippen molar-refractivity contribution in [3.63, 3.8) is 0 Å². The van der Waals surface area contributed by atoms with E-state index in [-0.39, 0.29) is 54.4 Å². The van der Waals surface area contributed by atoms with E-state index < -0.39 is 109 Å². The van der Waals surface area contributed by atoms with Crippen LogP contribution in [0.1, 0.15) is 101 Å². The van der Waals surface area contributed by atoms with E-state index in [4.69, 9.17) is 5.48 Å². The number of aromatic nitrogens is 2. The molecule has 0 atom stereocenters. The van der Waals surface area contributed by atoms with Crippen LogP contribution in [0, 0.1) is 10.8 Å². The first-order valence-corrected chi connectivity index (χ1v) is 33.3. The highest BCUT2D eigenvalue weighted by molar-refractivity contribution is 7.00. The minimum absolute atomic E-state index is 0.0394. The molecule has 0 unspecified atom stereocenters. The van der Waals surface area contributed by atoms with Crippen molar-refractivity contribution in [3.05, 3.63) is 307 Å². The van der Waals surface area contributed by atoms with Crippen molar-refractivity contribution in [1.82, 2.24) is 9.13 Å². The molecule has 0 spiro atoms. The maximum Gasteiger partial charge on any atom is 0.252 e. The van der Waals surface area contributed by atoms with Crippen molar-refractivity contribution in [2.24, 2.45) is 10.8 Å². The molecule has 2 aliphatic heterocycles. The third-order valence-corrected chi connectivity index (χ3v) is 19.1. The van der Waals surface area contributed by atoms with Crippen LogP contribution in [0.15, 0.2) is 291 Å². The third-order valence-electron chi connectivity index (χ3n) is 19.1. The number of benzene rings is 13. The standard InChI is InChI=1S/C92H79BN4/c1-90(2,3)58-60-50-73(62-30-14-10-15-31-62)88(74(51-60)63-32-16-11-17-33-63)96-83-56-67(94-79-42-26-22-38-69(79)70-39-23-27-43-80(70)94)46-48-77(83)93-78-49-47-68(95-81-44-28-24-40-71(81)72-41-25-29-45-82(72)95)57-84(78)97(86-55-66(92(7,8)9)54-85(96)87(86)93)89-75(64-34-18-12-19-35-64)52-61(59-91(4,5)6)53-76(89)65-36-20-13-21-37-65/h10-57H,58-59H2,1-9H3/i22D,23D,24D,25D,26D,27D,28D,29D,38D,39D,40D,41D,42D,43D,44D,45D. The maximum absolute atomic E-state index is 9.84. The Bertz CT molecular complexity index is 5920. The number of hydrogen-bond donors (Lipinski definition) is 0. The third kappa shape index (κ3) is 10.3. The minimum atomic E-state index is -0.740. The molecule has 0 N–H and O–H groups in total. The summed E-state index contributed by atoms with van der Waals surface area (Å²) in [7, 11) is 0. The first-order chi connectivity index (χ1) is 53.6. The van der Waals surface area contributed by atoms with E-state index in [0.717, 1.165) is 100 Å². The van der Waals surface area contributed by atoms with Crippen molar-refractivity contribution in [2.45, 2.75) is 80.6 Å². The van der Waals surface area contributed by atoms with Gasteiger partial charge < -0.3 is 18.9 Å². The quantitative estimate of drug-likeness (QED) is 0.127. The average Bonchev–Trinajstić information content (AvgIpc) is 1.53. The lowest BCUT2D eigenvalue weighted by Crippen LogP contribution is -2.61. The van der Waals surface area contributed by atoms with Gasteiger partial charge in [-0.25, -0.2) is 0 Å². The van der Waals surface area contributed by atoms with E-state index in [0.29, 0.717) is 35.6 Å². The van der Waals surface area contributed by atoms with Crippen molar-refractivity contribution in [1.29, 1.82) is 0 Å². The average molecular weight is 1270 g/mol. The van der Waals surface area contributed by atoms with Gasteiger partial charge in [-0.1, -0.05) is 268 Å². The Morgan fingerprint density at radius 3 is 0.918 bits per heavy atom. The molecule has 15 aromatic rings. The van der Waals surface area contributed by atoms with Gasteiger partial charge in [0.15, 0.2) is 0 Å². The second kappa shape index (κ2) is 22.9. The maximum atomic E-state index is 9.84. The van der Waals surface area contributed by atoms with Crippen LogP contribution < -0.4 is 26.2 Å². The molecule has 17 rings (SSSR count). The summed E-state index contributed by atoms with van der Waals surface area (Å²) in [6.45, 7) is 19.2. The van der Waals surface area contributed by atoms with Gasteiger partial charge in [0.05, 0.1) is 55.4 Å². The van der Waals surface area contributed by atoms with Crippen LogP contribution in [0.4, 0.5) is 34.1 Å². The molecule has 13 aromatic carbocycles. The van der Waals surface area contributed by atoms with Gasteiger partial charge in [-0.2, -0.15) is 0 Å². The summed E-state index contributed by atoms with van der Waals surface area (Å²) < 4.78 is 154. The van der Waals surface area contributed by atoms with E-state index in [2.05, 4.69) is 157 Å². The molecule has 2 aromatic heterocycles. The fourth-order valence-electron chi connectivity index (χ4n) is 15.2. The summed E-state index contributed by atoms with van der Waals surface area (Å²) in [5, 5.41) is -0.251. The molecule has 0 amide bonds. The Morgan fingerprint density at radius 1 is 0.330 bits per heavy atom. The molecule has 0 radical (unpaired) electrons. The Kier molecular flexibility index (Phi) is 10.6. The summed E-state index contributed by atoms with van der Waals surface area (Å²) in [4.78, 5) is 4.71. The van der Waals surface area contributed by atoms with Crippen molar-refractivity contribution >= 4 is 101 Å². The van der Waals surface area contributed by atoms with Gasteiger partial charge in [-0.05, 0) is 169 Å². The molecule has 0 aliphatic carbocycles. The highest BCUT2D eigenvalue weighted by atomic mass is 15.2. The van der Waals surface area contributed by atoms with Crippen LogP contribution in [0.2, 0.25) is 0 Å². The van der Waals surface area contributed by atoms with E-state index in [1.807, 2.05) is 109 Å². The molecular formula is C92H79BN4. The first kappa shape index (κ1) is 44.7. The smallest absolute Gasteiger partial charge is 0.252 e. The van der Waals surface area contributed by atoms with Crippen LogP contribution >= 0.6 is 0 Å². The van der Waals surface area contributed by atoms with Crippen LogP contribution in [0.3, 0.4) is 0 Å². The highest BCUT2D eigenvalue weighted by Crippen LogP contribution is 2.55. The first-order valence-electron chi connectivity index (χ1n) is 41.3. The second-order valence-electron chi connectivity index (χ2n) is 29.4. The SMILES string of the molecule is [2H]c1c([2H])c([2H])c2c(c1[2H])c1c([2H])c([2H])c([2H])c([2H])c1n2-c1ccc2c(c1)N(c1c(-c3ccccc3)cc(CC(C)(C)C)cc1-c1ccccc1)c1cc(C(C)(C)C)cc3c1B2c1ccc(-n2c4c([2H])c([2H])c([2H])c([2H])c4c4c([2H])c([2H])c([2H])c([2H])c42)cc1N3c1c(-c2ccccc2)cc(CC(C)(C)C)cc1-c1ccccc1. The summed E-state index contributed by atoms with van der Waals surface area (Å²) in [6.07, 6.45) is 1.40. The Hall–Kier alpha value is -10.9. The molecule has 97 heavy (non-hydrogen) atoms. The fraction of sp³-hybridized carbons (Fsp3) is 0.152. The normalized spacial score (nSPS) is 15.3. The second-order valence-corrected chi connectivity index (χ2v) is 29.4. The number of para-hydroxylation sites is 4. The molecule has 0 bridgehead atoms. The summed E-state index contributed by atoms with van der Waals surface area (Å²) in [6, 6.07) is 58.9. The number of rotatable bonds is 10. The number of hydrogen-bond acceptors (Lipinski definition) is 2. The summed E-state index contributed by atoms with van der Waals surface area (Å²) in [5.74, 6) is 0. The van der Waals surface area contributed by atoms with Gasteiger partial charge in [-0.15, -0.1) is 0 Å². The van der Waals surface area contributed by atoms with Gasteiger partial charge in [0, 0.05) is 77.9 Å². The molecule has 0 saturated heterocycles. The van der Waals surface area contributed by atoms with E-state index in [9.17, 15) is 16.4 Å². The lowest BCUT2D eigenvalue weighted by atomic mass is 9.33. The largest absolute Gasteiger partial charge is 0.310 e. The number of fused-ring (bicyclic) bond motifs is 10. The van der Waals surface area contributed by atoms with E-state index >= 15 is 0 Å². The topological polar surface area (TPSA) is 16.3 Å². The van der Waals surface area contributed by atoms with Crippen molar-refractivity contribution < 1.29 is 21.9 Å². The van der Waals surface area contributed by atoms with Crippen molar-refractivity contribution in [2.75, 3.05) is 9.80 Å². The monoisotopic (exact) mass is 1270 g/mol. The van der Waals surface area contributed by atoms with Crippen LogP contribution in [0.25, 0.3) is 99.5 Å². The zero-order valence-corrected chi connectivity index (χ0v) is 55.8. The summed E-state index contributed by atoms with van der Waals surface area (Å²) >= 11 is 0. The molecule has 4 nitrogen and oxygen atoms in total. The van der Waals surface area contributed by atoms with Gasteiger partial charge in [0.25, 0.3) is 6.71 Å². The molecule has 5 heteroatoms. The molecule has 0 fully saturated rings. The van der Waals surface area contributed by atoms with Crippen LogP contribution in [0.5, 0.6) is 0 Å². The minimum Gasteiger partial charge on any atom is -0.310 e. The zero-order valence-electron chi connectivity index (χ0n) is 71.8. The van der Waals surface area contributed by atoms with Gasteiger partial charge >= 0.3 is 0 Å². The highest BCUT2D eigenvalue weighted by Gasteiger charge is 2.46. The van der Waals surface area contributed by atoms with E-state index in [1.165, 1.54) is 0 Å². The Balaban J connectivity index is 1.11. The fourth-order valence-corrected chi connectivity index (χ4v) is 15.2. The lowest BCUT2D eigenvalue weighted by Gasteiger charge is -2.46. The molecule has 4 heterocycles. The number of nitrogens with zero attached hydrogens (tertiary/aromatic N) is 4. The number of anilines is 6.